The van der Waals surface area contributed by atoms with Gasteiger partial charge in [-0.2, -0.15) is 0 Å². The molecule has 0 radical (unpaired) electrons. The fraction of sp³-hybridized carbons (Fsp3) is 0.364. The summed E-state index contributed by atoms with van der Waals surface area (Å²) in [6, 6.07) is 9.48. The first-order valence-electron chi connectivity index (χ1n) is 9.42. The van der Waals surface area contributed by atoms with Gasteiger partial charge in [0.05, 0.1) is 11.4 Å². The molecule has 0 aromatic heterocycles. The fourth-order valence-corrected chi connectivity index (χ4v) is 3.70. The van der Waals surface area contributed by atoms with Crippen LogP contribution in [0.25, 0.3) is 10.8 Å². The Morgan fingerprint density at radius 2 is 2.00 bits per heavy atom. The quantitative estimate of drug-likeness (QED) is 0.516. The van der Waals surface area contributed by atoms with Crippen molar-refractivity contribution in [3.8, 4) is 0 Å². The second-order valence-electron chi connectivity index (χ2n) is 7.86. The van der Waals surface area contributed by atoms with Crippen LogP contribution in [0.3, 0.4) is 0 Å². The fourth-order valence-electron chi connectivity index (χ4n) is 3.45. The van der Waals surface area contributed by atoms with Gasteiger partial charge in [0.2, 0.25) is 0 Å². The topological polar surface area (TPSA) is 67.9 Å². The Morgan fingerprint density at radius 1 is 1.31 bits per heavy atom. The number of benzene rings is 2. The second-order valence-corrected chi connectivity index (χ2v) is 8.17. The molecule has 29 heavy (non-hydrogen) atoms. The van der Waals surface area contributed by atoms with Crippen molar-refractivity contribution in [3.05, 3.63) is 48.6 Å². The van der Waals surface area contributed by atoms with E-state index in [-0.39, 0.29) is 12.5 Å². The molecular formula is C22H25ClN2O4. The number of fused-ring (bicyclic) bond motifs is 3. The van der Waals surface area contributed by atoms with Gasteiger partial charge in [-0.3, -0.25) is 10.2 Å². The molecule has 2 amide bonds. The normalized spacial score (nSPS) is 15.7. The van der Waals surface area contributed by atoms with E-state index in [1.54, 1.807) is 11.0 Å². The maximum Gasteiger partial charge on any atom is 0.414 e. The van der Waals surface area contributed by atoms with Crippen LogP contribution in [0.4, 0.5) is 21.0 Å². The Morgan fingerprint density at radius 3 is 2.62 bits per heavy atom. The molecule has 0 aliphatic carbocycles. The number of halogens is 1. The van der Waals surface area contributed by atoms with Gasteiger partial charge in [-0.25, -0.2) is 9.59 Å². The lowest BCUT2D eigenvalue weighted by atomic mass is 9.95. The van der Waals surface area contributed by atoms with Crippen molar-refractivity contribution in [3.63, 3.8) is 0 Å². The lowest BCUT2D eigenvalue weighted by molar-refractivity contribution is 0.0582. The molecule has 1 unspecified atom stereocenters. The van der Waals surface area contributed by atoms with E-state index in [0.717, 1.165) is 16.3 Å². The first-order valence-corrected chi connectivity index (χ1v) is 9.95. The van der Waals surface area contributed by atoms with Crippen molar-refractivity contribution < 1.29 is 19.1 Å². The molecule has 2 aromatic rings. The highest BCUT2D eigenvalue weighted by molar-refractivity contribution is 6.19. The standard InChI is InChI=1S/C22H25ClN2O4/c1-5-10-28-20(26)24-17-11-18-19(16-9-7-6-8-15(16)17)14(12-23)13-25(18)21(27)29-22(2,3)4/h5-9,11,14H,1,10,12-13H2,2-4H3,(H,24,26). The molecule has 1 atom stereocenters. The molecular weight excluding hydrogens is 392 g/mol. The number of hydrogen-bond donors (Lipinski definition) is 1. The van der Waals surface area contributed by atoms with E-state index in [4.69, 9.17) is 21.1 Å². The first kappa shape index (κ1) is 21.0. The third-order valence-corrected chi connectivity index (χ3v) is 4.91. The van der Waals surface area contributed by atoms with Gasteiger partial charge in [0, 0.05) is 23.7 Å². The summed E-state index contributed by atoms with van der Waals surface area (Å²) < 4.78 is 10.6. The molecule has 0 saturated carbocycles. The van der Waals surface area contributed by atoms with Gasteiger partial charge >= 0.3 is 12.2 Å². The molecule has 0 saturated heterocycles. The summed E-state index contributed by atoms with van der Waals surface area (Å²) in [4.78, 5) is 26.5. The van der Waals surface area contributed by atoms with Gasteiger partial charge in [-0.05, 0) is 37.8 Å². The summed E-state index contributed by atoms with van der Waals surface area (Å²) in [5.74, 6) is 0.329. The van der Waals surface area contributed by atoms with E-state index >= 15 is 0 Å². The summed E-state index contributed by atoms with van der Waals surface area (Å²) in [5.41, 5.74) is 1.59. The van der Waals surface area contributed by atoms with Gasteiger partial charge in [0.1, 0.15) is 12.2 Å². The summed E-state index contributed by atoms with van der Waals surface area (Å²) >= 11 is 6.24. The van der Waals surface area contributed by atoms with Gasteiger partial charge in [-0.15, -0.1) is 11.6 Å². The zero-order chi connectivity index (χ0) is 21.2. The molecule has 0 spiro atoms. The third-order valence-electron chi connectivity index (χ3n) is 4.54. The predicted octanol–water partition coefficient (Wildman–Crippen LogP) is 5.65. The monoisotopic (exact) mass is 416 g/mol. The maximum atomic E-state index is 12.8. The van der Waals surface area contributed by atoms with Gasteiger partial charge < -0.3 is 9.47 Å². The van der Waals surface area contributed by atoms with Gasteiger partial charge in [0.25, 0.3) is 0 Å². The number of alkyl halides is 1. The van der Waals surface area contributed by atoms with E-state index in [0.29, 0.717) is 23.8 Å². The Hall–Kier alpha value is -2.73. The van der Waals surface area contributed by atoms with Crippen LogP contribution in [0.15, 0.2) is 43.0 Å². The molecule has 2 aromatic carbocycles. The zero-order valence-electron chi connectivity index (χ0n) is 16.8. The number of hydrogen-bond acceptors (Lipinski definition) is 4. The molecule has 0 fully saturated rings. The first-order chi connectivity index (χ1) is 13.7. The highest BCUT2D eigenvalue weighted by Crippen LogP contribution is 2.45. The highest BCUT2D eigenvalue weighted by Gasteiger charge is 2.36. The summed E-state index contributed by atoms with van der Waals surface area (Å²) in [7, 11) is 0. The maximum absolute atomic E-state index is 12.8. The van der Waals surface area contributed by atoms with E-state index < -0.39 is 17.8 Å². The molecule has 1 aliphatic heterocycles. The number of nitrogens with one attached hydrogen (secondary N) is 1. The van der Waals surface area contributed by atoms with Crippen LogP contribution in [-0.2, 0) is 9.47 Å². The van der Waals surface area contributed by atoms with Crippen molar-refractivity contribution in [2.75, 3.05) is 29.2 Å². The predicted molar refractivity (Wildman–Crippen MR) is 116 cm³/mol. The zero-order valence-corrected chi connectivity index (χ0v) is 17.6. The van der Waals surface area contributed by atoms with Crippen molar-refractivity contribution >= 4 is 45.9 Å². The lowest BCUT2D eigenvalue weighted by Gasteiger charge is -2.25. The van der Waals surface area contributed by atoms with Crippen LogP contribution in [0.2, 0.25) is 0 Å². The Bertz CT molecular complexity index is 952. The van der Waals surface area contributed by atoms with Crippen molar-refractivity contribution in [2.45, 2.75) is 32.3 Å². The van der Waals surface area contributed by atoms with Gasteiger partial charge in [0.15, 0.2) is 0 Å². The number of ether oxygens (including phenoxy) is 2. The van der Waals surface area contributed by atoms with E-state index in [1.807, 2.05) is 45.0 Å². The molecule has 3 rings (SSSR count). The Kier molecular flexibility index (Phi) is 6.03. The van der Waals surface area contributed by atoms with Crippen LogP contribution < -0.4 is 10.2 Å². The number of amides is 2. The summed E-state index contributed by atoms with van der Waals surface area (Å²) in [6.07, 6.45) is 0.461. The SMILES string of the molecule is C=CCOC(=O)Nc1cc2c(c3ccccc13)C(CCl)CN2C(=O)OC(C)(C)C. The smallest absolute Gasteiger partial charge is 0.414 e. The third kappa shape index (κ3) is 4.48. The number of anilines is 2. The minimum atomic E-state index is -0.622. The van der Waals surface area contributed by atoms with Crippen molar-refractivity contribution in [1.82, 2.24) is 0 Å². The van der Waals surface area contributed by atoms with Gasteiger partial charge in [-0.1, -0.05) is 36.9 Å². The van der Waals surface area contributed by atoms with E-state index in [2.05, 4.69) is 11.9 Å². The lowest BCUT2D eigenvalue weighted by Crippen LogP contribution is -2.36. The summed E-state index contributed by atoms with van der Waals surface area (Å²) in [6.45, 7) is 9.53. The molecule has 154 valence electrons. The van der Waals surface area contributed by atoms with Crippen molar-refractivity contribution in [1.29, 1.82) is 0 Å². The highest BCUT2D eigenvalue weighted by atomic mass is 35.5. The molecule has 1 heterocycles. The Labute approximate surface area is 175 Å². The molecule has 1 N–H and O–H groups in total. The van der Waals surface area contributed by atoms with Crippen LogP contribution in [0, 0.1) is 0 Å². The Balaban J connectivity index is 2.09. The second kappa shape index (κ2) is 8.33. The van der Waals surface area contributed by atoms with E-state index in [1.165, 1.54) is 6.08 Å². The molecule has 6 nitrogen and oxygen atoms in total. The number of rotatable bonds is 4. The number of nitrogens with zero attached hydrogens (tertiary/aromatic N) is 1. The van der Waals surface area contributed by atoms with Crippen LogP contribution in [0.1, 0.15) is 32.3 Å². The summed E-state index contributed by atoms with van der Waals surface area (Å²) in [5, 5.41) is 4.55. The minimum Gasteiger partial charge on any atom is -0.445 e. The number of carbonyl (C=O) groups excluding carboxylic acids is 2. The van der Waals surface area contributed by atoms with Crippen LogP contribution in [0.5, 0.6) is 0 Å². The molecule has 7 heteroatoms. The largest absolute Gasteiger partial charge is 0.445 e. The van der Waals surface area contributed by atoms with Crippen molar-refractivity contribution in [2.24, 2.45) is 0 Å². The average molecular weight is 417 g/mol. The molecule has 0 bridgehead atoms. The van der Waals surface area contributed by atoms with Crippen LogP contribution in [-0.4, -0.2) is 36.8 Å². The average Bonchev–Trinajstić information content (AvgIpc) is 3.04. The minimum absolute atomic E-state index is 0.0362. The van der Waals surface area contributed by atoms with E-state index in [9.17, 15) is 9.59 Å². The molecule has 1 aliphatic rings. The van der Waals surface area contributed by atoms with Crippen LogP contribution >= 0.6 is 11.6 Å². The number of carbonyl (C=O) groups is 2.